The van der Waals surface area contributed by atoms with Crippen molar-refractivity contribution in [3.05, 3.63) is 11.6 Å². The van der Waals surface area contributed by atoms with Gasteiger partial charge in [-0.25, -0.2) is 0 Å². The average Bonchev–Trinajstić information content (AvgIpc) is 2.89. The third-order valence-corrected chi connectivity index (χ3v) is 8.38. The van der Waals surface area contributed by atoms with Crippen LogP contribution in [0.15, 0.2) is 11.6 Å². The van der Waals surface area contributed by atoms with Crippen LogP contribution in [-0.4, -0.2) is 31.1 Å². The molecule has 3 saturated carbocycles. The van der Waals surface area contributed by atoms with Crippen molar-refractivity contribution in [1.29, 1.82) is 0 Å². The van der Waals surface area contributed by atoms with E-state index < -0.39 is 0 Å². The Kier molecular flexibility index (Phi) is 4.33. The van der Waals surface area contributed by atoms with Crippen LogP contribution in [0.25, 0.3) is 0 Å². The van der Waals surface area contributed by atoms with Crippen LogP contribution in [0.1, 0.15) is 65.7 Å². The number of carbonyl (C=O) groups is 2. The van der Waals surface area contributed by atoms with Crippen molar-refractivity contribution >= 4 is 11.8 Å². The molecule has 4 nitrogen and oxygen atoms in total. The first kappa shape index (κ1) is 18.2. The fraction of sp³-hybridized carbons (Fsp3) is 0.818. The molecule has 0 N–H and O–H groups in total. The quantitative estimate of drug-likeness (QED) is 0.550. The van der Waals surface area contributed by atoms with Gasteiger partial charge in [-0.1, -0.05) is 25.5 Å². The first-order chi connectivity index (χ1) is 12.3. The molecule has 26 heavy (non-hydrogen) atoms. The summed E-state index contributed by atoms with van der Waals surface area (Å²) < 4.78 is 11.5. The highest BCUT2D eigenvalue weighted by molar-refractivity contribution is 5.87. The lowest BCUT2D eigenvalue weighted by atomic mass is 9.47. The molecule has 144 valence electrons. The highest BCUT2D eigenvalue weighted by atomic mass is 16.5. The summed E-state index contributed by atoms with van der Waals surface area (Å²) in [5.74, 6) is 1.72. The van der Waals surface area contributed by atoms with E-state index in [4.69, 9.17) is 9.47 Å². The van der Waals surface area contributed by atoms with E-state index in [1.165, 1.54) is 12.5 Å². The van der Waals surface area contributed by atoms with E-state index in [0.29, 0.717) is 23.5 Å². The zero-order chi connectivity index (χ0) is 18.7. The Morgan fingerprint density at radius 2 is 1.81 bits per heavy atom. The molecule has 0 radical (unpaired) electrons. The van der Waals surface area contributed by atoms with Gasteiger partial charge < -0.3 is 9.47 Å². The van der Waals surface area contributed by atoms with Gasteiger partial charge in [0.2, 0.25) is 0 Å². The lowest BCUT2D eigenvalue weighted by molar-refractivity contribution is -0.149. The summed E-state index contributed by atoms with van der Waals surface area (Å²) in [6, 6.07) is 0. The van der Waals surface area contributed by atoms with E-state index in [1.54, 1.807) is 7.11 Å². The Balaban J connectivity index is 1.68. The number of ether oxygens (including phenoxy) is 2. The first-order valence-corrected chi connectivity index (χ1v) is 10.2. The van der Waals surface area contributed by atoms with E-state index in [2.05, 4.69) is 19.9 Å². The maximum absolute atomic E-state index is 12.6. The molecule has 7 atom stereocenters. The van der Waals surface area contributed by atoms with Crippen LogP contribution in [0.3, 0.4) is 0 Å². The minimum Gasteiger partial charge on any atom is -0.462 e. The fourth-order valence-corrected chi connectivity index (χ4v) is 6.92. The number of ketones is 1. The molecule has 0 bridgehead atoms. The van der Waals surface area contributed by atoms with Crippen LogP contribution in [0.4, 0.5) is 0 Å². The zero-order valence-electron chi connectivity index (χ0n) is 16.5. The van der Waals surface area contributed by atoms with Crippen LogP contribution >= 0.6 is 0 Å². The predicted octanol–water partition coefficient (Wildman–Crippen LogP) is 4.07. The lowest BCUT2D eigenvalue weighted by Gasteiger charge is -2.58. The molecule has 0 aromatic heterocycles. The zero-order valence-corrected chi connectivity index (χ0v) is 16.5. The van der Waals surface area contributed by atoms with E-state index in [9.17, 15) is 9.59 Å². The monoisotopic (exact) mass is 360 g/mol. The topological polar surface area (TPSA) is 52.6 Å². The molecule has 3 fully saturated rings. The fourth-order valence-electron chi connectivity index (χ4n) is 6.92. The second-order valence-electron chi connectivity index (χ2n) is 9.49. The van der Waals surface area contributed by atoms with Gasteiger partial charge in [-0.3, -0.25) is 9.59 Å². The number of fused-ring (bicyclic) bond motifs is 5. The van der Waals surface area contributed by atoms with Gasteiger partial charge in [-0.15, -0.1) is 0 Å². The van der Waals surface area contributed by atoms with E-state index in [1.807, 2.05) is 0 Å². The van der Waals surface area contributed by atoms with Crippen LogP contribution in [-0.2, 0) is 19.1 Å². The van der Waals surface area contributed by atoms with E-state index in [0.717, 1.165) is 44.9 Å². The van der Waals surface area contributed by atoms with Gasteiger partial charge in [0.05, 0.1) is 6.10 Å². The number of rotatable bonds is 2. The molecule has 0 amide bonds. The molecule has 0 aromatic carbocycles. The average molecular weight is 360 g/mol. The van der Waals surface area contributed by atoms with Gasteiger partial charge in [-0.05, 0) is 55.3 Å². The van der Waals surface area contributed by atoms with Crippen LogP contribution in [0.5, 0.6) is 0 Å². The van der Waals surface area contributed by atoms with Crippen molar-refractivity contribution in [2.75, 3.05) is 7.11 Å². The molecule has 4 aliphatic rings. The maximum atomic E-state index is 12.6. The normalized spacial score (nSPS) is 47.5. The van der Waals surface area contributed by atoms with Crippen molar-refractivity contribution in [3.8, 4) is 0 Å². The van der Waals surface area contributed by atoms with Crippen molar-refractivity contribution in [2.45, 2.75) is 77.9 Å². The molecule has 0 saturated heterocycles. The van der Waals surface area contributed by atoms with Crippen molar-refractivity contribution < 1.29 is 19.1 Å². The number of hydrogen-bond acceptors (Lipinski definition) is 4. The molecule has 4 rings (SSSR count). The summed E-state index contributed by atoms with van der Waals surface area (Å²) in [7, 11) is 1.80. The summed E-state index contributed by atoms with van der Waals surface area (Å²) in [6.45, 7) is 6.11. The van der Waals surface area contributed by atoms with Gasteiger partial charge >= 0.3 is 5.97 Å². The van der Waals surface area contributed by atoms with Crippen molar-refractivity contribution in [1.82, 2.24) is 0 Å². The second-order valence-corrected chi connectivity index (χ2v) is 9.49. The van der Waals surface area contributed by atoms with Gasteiger partial charge in [0, 0.05) is 32.3 Å². The molecule has 0 unspecified atom stereocenters. The second kappa shape index (κ2) is 6.19. The Labute approximate surface area is 156 Å². The predicted molar refractivity (Wildman–Crippen MR) is 98.4 cm³/mol. The Morgan fingerprint density at radius 3 is 2.50 bits per heavy atom. The molecule has 0 aromatic rings. The molecule has 4 aliphatic carbocycles. The smallest absolute Gasteiger partial charge is 0.302 e. The van der Waals surface area contributed by atoms with Gasteiger partial charge in [-0.2, -0.15) is 0 Å². The molecular formula is C22H32O4. The summed E-state index contributed by atoms with van der Waals surface area (Å²) >= 11 is 0. The third kappa shape index (κ3) is 2.51. The standard InChI is InChI=1S/C22H32O4/c1-13(23)26-15-7-9-21(2)14(11-15)12-18(25-4)20-16-5-6-19(24)22(16,3)10-8-17(20)21/h12,15-18,20H,5-11H2,1-4H3/t15-,16-,17-,18-,20-,21-,22-/m0/s1. The van der Waals surface area contributed by atoms with Gasteiger partial charge in [0.25, 0.3) is 0 Å². The Bertz CT molecular complexity index is 653. The molecule has 0 spiro atoms. The van der Waals surface area contributed by atoms with Gasteiger partial charge in [0.1, 0.15) is 11.9 Å². The van der Waals surface area contributed by atoms with Crippen LogP contribution in [0.2, 0.25) is 0 Å². The minimum atomic E-state index is -0.186. The highest BCUT2D eigenvalue weighted by Crippen LogP contribution is 2.64. The Hall–Kier alpha value is -1.16. The van der Waals surface area contributed by atoms with Crippen LogP contribution in [0, 0.1) is 28.6 Å². The first-order valence-electron chi connectivity index (χ1n) is 10.2. The maximum Gasteiger partial charge on any atom is 0.302 e. The van der Waals surface area contributed by atoms with Crippen molar-refractivity contribution in [2.24, 2.45) is 28.6 Å². The number of esters is 1. The van der Waals surface area contributed by atoms with Crippen LogP contribution < -0.4 is 0 Å². The highest BCUT2D eigenvalue weighted by Gasteiger charge is 2.61. The van der Waals surface area contributed by atoms with E-state index >= 15 is 0 Å². The summed E-state index contributed by atoms with van der Waals surface area (Å²) in [6.07, 6.45) is 9.12. The molecular weight excluding hydrogens is 328 g/mol. The summed E-state index contributed by atoms with van der Waals surface area (Å²) in [4.78, 5) is 24.0. The molecule has 0 aliphatic heterocycles. The van der Waals surface area contributed by atoms with E-state index in [-0.39, 0.29) is 29.0 Å². The lowest BCUT2D eigenvalue weighted by Crippen LogP contribution is -2.55. The number of Topliss-reactive ketones (excluding diaryl/α,β-unsaturated/α-hetero) is 1. The number of carbonyl (C=O) groups excluding carboxylic acids is 2. The third-order valence-electron chi connectivity index (χ3n) is 8.38. The summed E-state index contributed by atoms with van der Waals surface area (Å²) in [5.41, 5.74) is 1.42. The Morgan fingerprint density at radius 1 is 1.12 bits per heavy atom. The minimum absolute atomic E-state index is 0.00259. The largest absolute Gasteiger partial charge is 0.462 e. The van der Waals surface area contributed by atoms with Crippen molar-refractivity contribution in [3.63, 3.8) is 0 Å². The number of hydrogen-bond donors (Lipinski definition) is 0. The van der Waals surface area contributed by atoms with Gasteiger partial charge in [0.15, 0.2) is 0 Å². The SMILES string of the molecule is CO[C@H]1C=C2C[C@@H](OC(C)=O)CC[C@]2(C)[C@H]2CC[C@]3(C)C(=O)CC[C@H]3[C@H]12. The molecule has 0 heterocycles. The molecule has 4 heteroatoms. The summed E-state index contributed by atoms with van der Waals surface area (Å²) in [5, 5.41) is 0. The number of methoxy groups -OCH3 is 1.